The van der Waals surface area contributed by atoms with Crippen LogP contribution in [-0.4, -0.2) is 28.6 Å². The molecule has 5 nitrogen and oxygen atoms in total. The second-order valence-corrected chi connectivity index (χ2v) is 6.02. The Labute approximate surface area is 131 Å². The number of amides is 1. The topological polar surface area (TPSA) is 66.8 Å². The fraction of sp³-hybridized carbons (Fsp3) is 0.250. The van der Waals surface area contributed by atoms with Gasteiger partial charge in [0.25, 0.3) is 0 Å². The van der Waals surface area contributed by atoms with Crippen molar-refractivity contribution < 1.29 is 19.4 Å². The van der Waals surface area contributed by atoms with E-state index in [4.69, 9.17) is 4.74 Å². The highest BCUT2D eigenvalue weighted by Gasteiger charge is 2.37. The zero-order chi connectivity index (χ0) is 15.5. The van der Waals surface area contributed by atoms with Gasteiger partial charge in [0.1, 0.15) is 6.61 Å². The van der Waals surface area contributed by atoms with E-state index in [0.717, 1.165) is 10.4 Å². The summed E-state index contributed by atoms with van der Waals surface area (Å²) in [5.41, 5.74) is 1.57. The van der Waals surface area contributed by atoms with Gasteiger partial charge in [0.05, 0.1) is 0 Å². The predicted molar refractivity (Wildman–Crippen MR) is 81.7 cm³/mol. The highest BCUT2D eigenvalue weighted by atomic mass is 32.1. The first-order valence-electron chi connectivity index (χ1n) is 6.93. The molecule has 1 aliphatic heterocycles. The first-order chi connectivity index (χ1) is 10.7. The van der Waals surface area contributed by atoms with Crippen molar-refractivity contribution in [1.82, 2.24) is 4.90 Å². The van der Waals surface area contributed by atoms with Gasteiger partial charge in [0.15, 0.2) is 6.04 Å². The van der Waals surface area contributed by atoms with E-state index in [2.05, 4.69) is 0 Å². The number of hydrogen-bond donors (Lipinski definition) is 1. The van der Waals surface area contributed by atoms with E-state index in [1.165, 1.54) is 16.2 Å². The molecule has 0 radical (unpaired) electrons. The Morgan fingerprint density at radius 2 is 2.05 bits per heavy atom. The molecule has 0 bridgehead atoms. The molecule has 1 unspecified atom stereocenters. The molecule has 0 saturated carbocycles. The number of benzene rings is 1. The third-order valence-electron chi connectivity index (χ3n) is 3.64. The molecule has 1 aromatic carbocycles. The maximum atomic E-state index is 12.3. The summed E-state index contributed by atoms with van der Waals surface area (Å²) in [6.45, 7) is 0.497. The lowest BCUT2D eigenvalue weighted by molar-refractivity contribution is -0.143. The Morgan fingerprint density at radius 3 is 2.77 bits per heavy atom. The number of rotatable bonds is 3. The van der Waals surface area contributed by atoms with Gasteiger partial charge in [0.2, 0.25) is 0 Å². The third-order valence-corrected chi connectivity index (χ3v) is 4.64. The number of carbonyl (C=O) groups excluding carboxylic acids is 1. The van der Waals surface area contributed by atoms with E-state index >= 15 is 0 Å². The van der Waals surface area contributed by atoms with Crippen molar-refractivity contribution in [3.8, 4) is 0 Å². The highest BCUT2D eigenvalue weighted by molar-refractivity contribution is 7.10. The molecular weight excluding hydrogens is 302 g/mol. The molecular formula is C16H15NO4S. The van der Waals surface area contributed by atoms with Crippen LogP contribution >= 0.6 is 11.3 Å². The quantitative estimate of drug-likeness (QED) is 0.945. The number of hydrogen-bond acceptors (Lipinski definition) is 4. The summed E-state index contributed by atoms with van der Waals surface area (Å²) in [6.07, 6.45) is 0.0742. The molecule has 2 heterocycles. The maximum absolute atomic E-state index is 12.3. The number of aliphatic carboxylic acids is 1. The summed E-state index contributed by atoms with van der Waals surface area (Å²) in [7, 11) is 0. The summed E-state index contributed by atoms with van der Waals surface area (Å²) >= 11 is 1.53. The van der Waals surface area contributed by atoms with Crippen molar-refractivity contribution in [2.75, 3.05) is 6.54 Å². The molecule has 0 spiro atoms. The Balaban J connectivity index is 1.73. The van der Waals surface area contributed by atoms with Crippen molar-refractivity contribution in [2.45, 2.75) is 19.1 Å². The van der Waals surface area contributed by atoms with E-state index in [-0.39, 0.29) is 6.61 Å². The van der Waals surface area contributed by atoms with Crippen LogP contribution in [0.3, 0.4) is 0 Å². The summed E-state index contributed by atoms with van der Waals surface area (Å²) in [6, 6.07) is 10.1. The minimum atomic E-state index is -1.03. The van der Waals surface area contributed by atoms with E-state index in [9.17, 15) is 14.7 Å². The van der Waals surface area contributed by atoms with Crippen LogP contribution in [0.15, 0.2) is 41.8 Å². The zero-order valence-electron chi connectivity index (χ0n) is 11.8. The largest absolute Gasteiger partial charge is 0.479 e. The minimum Gasteiger partial charge on any atom is -0.479 e. The van der Waals surface area contributed by atoms with E-state index in [1.807, 2.05) is 35.7 Å². The molecule has 0 saturated heterocycles. The average molecular weight is 317 g/mol. The first kappa shape index (κ1) is 14.6. The average Bonchev–Trinajstić information content (AvgIpc) is 3.00. The van der Waals surface area contributed by atoms with Gasteiger partial charge in [-0.15, -0.1) is 11.3 Å². The van der Waals surface area contributed by atoms with Crippen molar-refractivity contribution in [2.24, 2.45) is 0 Å². The molecule has 2 aromatic rings. The lowest BCUT2D eigenvalue weighted by Gasteiger charge is -2.32. The summed E-state index contributed by atoms with van der Waals surface area (Å²) in [4.78, 5) is 26.1. The number of ether oxygens (including phenoxy) is 1. The second kappa shape index (κ2) is 6.19. The van der Waals surface area contributed by atoms with Gasteiger partial charge in [-0.2, -0.15) is 0 Å². The Kier molecular flexibility index (Phi) is 4.11. The van der Waals surface area contributed by atoms with Crippen molar-refractivity contribution in [1.29, 1.82) is 0 Å². The smallest absolute Gasteiger partial charge is 0.411 e. The number of nitrogens with zero attached hydrogens (tertiary/aromatic N) is 1. The summed E-state index contributed by atoms with van der Waals surface area (Å²) < 4.78 is 5.27. The molecule has 1 aromatic heterocycles. The standard InChI is InChI=1S/C16H15NO4S/c18-15(19)14-12-7-9-22-13(12)6-8-17(14)16(20)21-10-11-4-2-1-3-5-11/h1-5,7,9,14H,6,8,10H2,(H,18,19). The Hall–Kier alpha value is -2.34. The van der Waals surface area contributed by atoms with Crippen molar-refractivity contribution in [3.63, 3.8) is 0 Å². The zero-order valence-corrected chi connectivity index (χ0v) is 12.6. The molecule has 6 heteroatoms. The highest BCUT2D eigenvalue weighted by Crippen LogP contribution is 2.33. The van der Waals surface area contributed by atoms with Crippen LogP contribution in [0.4, 0.5) is 4.79 Å². The normalized spacial score (nSPS) is 16.9. The number of carbonyl (C=O) groups is 2. The third kappa shape index (κ3) is 2.82. The Morgan fingerprint density at radius 1 is 1.27 bits per heavy atom. The SMILES string of the molecule is O=C(O)C1c2ccsc2CCN1C(=O)OCc1ccccc1. The lowest BCUT2D eigenvalue weighted by atomic mass is 10.0. The molecule has 3 rings (SSSR count). The van der Waals surface area contributed by atoms with Crippen LogP contribution in [-0.2, 0) is 22.6 Å². The molecule has 1 atom stereocenters. The maximum Gasteiger partial charge on any atom is 0.411 e. The molecule has 0 fully saturated rings. The predicted octanol–water partition coefficient (Wildman–Crippen LogP) is 3.07. The fourth-order valence-electron chi connectivity index (χ4n) is 2.58. The van der Waals surface area contributed by atoms with Gasteiger partial charge in [-0.1, -0.05) is 30.3 Å². The van der Waals surface area contributed by atoms with Gasteiger partial charge >= 0.3 is 12.1 Å². The number of carboxylic acids is 1. The van der Waals surface area contributed by atoms with Crippen LogP contribution in [0.25, 0.3) is 0 Å². The number of carboxylic acid groups (broad SMARTS) is 1. The Bertz CT molecular complexity index is 682. The van der Waals surface area contributed by atoms with Crippen LogP contribution in [0.5, 0.6) is 0 Å². The fourth-order valence-corrected chi connectivity index (χ4v) is 3.49. The van der Waals surface area contributed by atoms with Gasteiger partial charge in [-0.3, -0.25) is 4.90 Å². The second-order valence-electron chi connectivity index (χ2n) is 5.02. The molecule has 114 valence electrons. The number of thiophene rings is 1. The monoisotopic (exact) mass is 317 g/mol. The van der Waals surface area contributed by atoms with E-state index in [1.54, 1.807) is 6.07 Å². The minimum absolute atomic E-state index is 0.138. The molecule has 1 N–H and O–H groups in total. The van der Waals surface area contributed by atoms with Gasteiger partial charge in [-0.25, -0.2) is 9.59 Å². The summed E-state index contributed by atoms with van der Waals surface area (Å²) in [5, 5.41) is 11.3. The van der Waals surface area contributed by atoms with Crippen LogP contribution < -0.4 is 0 Å². The molecule has 1 aliphatic rings. The van der Waals surface area contributed by atoms with E-state index < -0.39 is 18.1 Å². The lowest BCUT2D eigenvalue weighted by Crippen LogP contribution is -2.43. The van der Waals surface area contributed by atoms with Gasteiger partial charge in [0, 0.05) is 11.4 Å². The first-order valence-corrected chi connectivity index (χ1v) is 7.81. The van der Waals surface area contributed by atoms with Gasteiger partial charge < -0.3 is 9.84 Å². The van der Waals surface area contributed by atoms with Crippen LogP contribution in [0.2, 0.25) is 0 Å². The molecule has 0 aliphatic carbocycles. The molecule has 22 heavy (non-hydrogen) atoms. The summed E-state index contributed by atoms with van der Waals surface area (Å²) in [5.74, 6) is -1.03. The van der Waals surface area contributed by atoms with Crippen LogP contribution in [0, 0.1) is 0 Å². The number of fused-ring (bicyclic) bond motifs is 1. The van der Waals surface area contributed by atoms with Crippen LogP contribution in [0.1, 0.15) is 22.0 Å². The van der Waals surface area contributed by atoms with Crippen molar-refractivity contribution in [3.05, 3.63) is 57.8 Å². The molecule has 1 amide bonds. The van der Waals surface area contributed by atoms with Crippen molar-refractivity contribution >= 4 is 23.4 Å². The van der Waals surface area contributed by atoms with E-state index in [0.29, 0.717) is 18.5 Å². The van der Waals surface area contributed by atoms with Gasteiger partial charge in [-0.05, 0) is 29.0 Å².